The fourth-order valence-corrected chi connectivity index (χ4v) is 3.21. The Hall–Kier alpha value is -2.93. The molecule has 0 aliphatic carbocycles. The van der Waals surface area contributed by atoms with E-state index < -0.39 is 18.0 Å². The summed E-state index contributed by atoms with van der Waals surface area (Å²) in [6.45, 7) is 5.76. The van der Waals surface area contributed by atoms with E-state index in [0.29, 0.717) is 11.3 Å². The molecule has 29 heavy (non-hydrogen) atoms. The van der Waals surface area contributed by atoms with E-state index in [4.69, 9.17) is 4.74 Å². The van der Waals surface area contributed by atoms with Crippen LogP contribution in [0.15, 0.2) is 42.5 Å². The topological polar surface area (TPSA) is 70.7 Å². The van der Waals surface area contributed by atoms with Crippen molar-refractivity contribution in [2.24, 2.45) is 0 Å². The molecule has 1 fully saturated rings. The van der Waals surface area contributed by atoms with E-state index in [9.17, 15) is 14.0 Å². The highest BCUT2D eigenvalue weighted by molar-refractivity contribution is 5.90. The van der Waals surface area contributed by atoms with Gasteiger partial charge in [0.25, 0.3) is 0 Å². The summed E-state index contributed by atoms with van der Waals surface area (Å²) in [5.41, 5.74) is 2.83. The van der Waals surface area contributed by atoms with Crippen molar-refractivity contribution < 1.29 is 18.7 Å². The molecule has 2 N–H and O–H groups in total. The summed E-state index contributed by atoms with van der Waals surface area (Å²) in [4.78, 5) is 24.5. The third-order valence-corrected chi connectivity index (χ3v) is 4.74. The first kappa shape index (κ1) is 20.8. The van der Waals surface area contributed by atoms with Gasteiger partial charge in [0.05, 0.1) is 18.8 Å². The van der Waals surface area contributed by atoms with Crippen molar-refractivity contribution in [3.05, 3.63) is 53.8 Å². The molecule has 0 bridgehead atoms. The number of anilines is 1. The minimum atomic E-state index is -0.545. The van der Waals surface area contributed by atoms with Crippen LogP contribution in [0.4, 0.5) is 14.9 Å². The maximum Gasteiger partial charge on any atom is 0.414 e. The van der Waals surface area contributed by atoms with E-state index in [1.165, 1.54) is 17.9 Å². The molecule has 1 unspecified atom stereocenters. The molecular weight excluding hydrogens is 373 g/mol. The summed E-state index contributed by atoms with van der Waals surface area (Å²) >= 11 is 0. The number of carbonyl (C=O) groups excluding carboxylic acids is 2. The van der Waals surface area contributed by atoms with Crippen LogP contribution in [0.5, 0.6) is 0 Å². The third-order valence-electron chi connectivity index (χ3n) is 4.74. The number of ether oxygens (including phenoxy) is 1. The maximum absolute atomic E-state index is 14.8. The van der Waals surface area contributed by atoms with Gasteiger partial charge in [0.15, 0.2) is 0 Å². The number of hydrogen-bond donors (Lipinski definition) is 2. The lowest BCUT2D eigenvalue weighted by Gasteiger charge is -2.15. The number of benzene rings is 2. The fraction of sp³-hybridized carbons (Fsp3) is 0.364. The molecule has 6 nitrogen and oxygen atoms in total. The van der Waals surface area contributed by atoms with Gasteiger partial charge in [-0.15, -0.1) is 0 Å². The lowest BCUT2D eigenvalue weighted by Crippen LogP contribution is -2.33. The molecule has 2 aromatic carbocycles. The highest BCUT2D eigenvalue weighted by Crippen LogP contribution is 2.29. The SMILES string of the molecule is CCCNCc1ccc(-c2ccc(N3CC(CNC(C)=O)OC3=O)cc2F)cc1. The molecule has 1 saturated heterocycles. The largest absolute Gasteiger partial charge is 0.442 e. The Bertz CT molecular complexity index is 870. The Labute approximate surface area is 170 Å². The molecule has 0 radical (unpaired) electrons. The Kier molecular flexibility index (Phi) is 6.82. The predicted molar refractivity (Wildman–Crippen MR) is 110 cm³/mol. The van der Waals surface area contributed by atoms with Crippen LogP contribution in [0.25, 0.3) is 11.1 Å². The molecule has 2 aromatic rings. The number of halogens is 1. The Morgan fingerprint density at radius 1 is 1.24 bits per heavy atom. The minimum absolute atomic E-state index is 0.193. The van der Waals surface area contributed by atoms with Crippen molar-refractivity contribution in [1.29, 1.82) is 0 Å². The zero-order valence-electron chi connectivity index (χ0n) is 16.7. The van der Waals surface area contributed by atoms with Crippen molar-refractivity contribution in [3.63, 3.8) is 0 Å². The number of amides is 2. The van der Waals surface area contributed by atoms with Crippen LogP contribution in [0, 0.1) is 5.82 Å². The second kappa shape index (κ2) is 9.52. The molecule has 1 aliphatic rings. The average Bonchev–Trinajstić information content (AvgIpc) is 3.08. The summed E-state index contributed by atoms with van der Waals surface area (Å²) in [7, 11) is 0. The van der Waals surface area contributed by atoms with Gasteiger partial charge in [-0.2, -0.15) is 0 Å². The zero-order chi connectivity index (χ0) is 20.8. The molecule has 2 amide bonds. The molecule has 1 aliphatic heterocycles. The first-order chi connectivity index (χ1) is 14.0. The van der Waals surface area contributed by atoms with E-state index in [0.717, 1.165) is 30.6 Å². The van der Waals surface area contributed by atoms with E-state index in [2.05, 4.69) is 17.6 Å². The van der Waals surface area contributed by atoms with E-state index >= 15 is 0 Å². The van der Waals surface area contributed by atoms with Crippen LogP contribution < -0.4 is 15.5 Å². The molecule has 1 atom stereocenters. The van der Waals surface area contributed by atoms with Gasteiger partial charge >= 0.3 is 6.09 Å². The summed E-state index contributed by atoms with van der Waals surface area (Å²) in [6.07, 6.45) is 0.0770. The molecule has 0 aromatic heterocycles. The Balaban J connectivity index is 1.68. The number of nitrogens with zero attached hydrogens (tertiary/aromatic N) is 1. The van der Waals surface area contributed by atoms with Crippen LogP contribution in [-0.2, 0) is 16.1 Å². The van der Waals surface area contributed by atoms with Crippen LogP contribution in [0.3, 0.4) is 0 Å². The van der Waals surface area contributed by atoms with Gasteiger partial charge in [0, 0.05) is 19.0 Å². The smallest absolute Gasteiger partial charge is 0.414 e. The van der Waals surface area contributed by atoms with Crippen molar-refractivity contribution in [3.8, 4) is 11.1 Å². The fourth-order valence-electron chi connectivity index (χ4n) is 3.21. The molecule has 0 spiro atoms. The highest BCUT2D eigenvalue weighted by Gasteiger charge is 2.32. The maximum atomic E-state index is 14.8. The Morgan fingerprint density at radius 2 is 2.00 bits per heavy atom. The van der Waals surface area contributed by atoms with Gasteiger partial charge in [-0.1, -0.05) is 31.2 Å². The summed E-state index contributed by atoms with van der Waals surface area (Å²) in [5.74, 6) is -0.598. The lowest BCUT2D eigenvalue weighted by molar-refractivity contribution is -0.119. The lowest BCUT2D eigenvalue weighted by atomic mass is 10.0. The van der Waals surface area contributed by atoms with E-state index in [1.54, 1.807) is 12.1 Å². The standard InChI is InChI=1S/C22H26FN3O3/c1-3-10-24-12-16-4-6-17(7-5-16)20-9-8-18(11-21(20)23)26-14-19(29-22(26)28)13-25-15(2)27/h4-9,11,19,24H,3,10,12-14H2,1-2H3,(H,25,27). The van der Waals surface area contributed by atoms with Gasteiger partial charge < -0.3 is 15.4 Å². The normalized spacial score (nSPS) is 16.0. The predicted octanol–water partition coefficient (Wildman–Crippen LogP) is 3.45. The summed E-state index contributed by atoms with van der Waals surface area (Å²) in [6, 6.07) is 12.5. The van der Waals surface area contributed by atoms with E-state index in [1.807, 2.05) is 24.3 Å². The molecule has 154 valence electrons. The van der Waals surface area contributed by atoms with Gasteiger partial charge in [0.1, 0.15) is 11.9 Å². The van der Waals surface area contributed by atoms with Gasteiger partial charge in [0.2, 0.25) is 5.91 Å². The van der Waals surface area contributed by atoms with Gasteiger partial charge in [-0.25, -0.2) is 9.18 Å². The van der Waals surface area contributed by atoms with Crippen molar-refractivity contribution in [1.82, 2.24) is 10.6 Å². The molecule has 3 rings (SSSR count). The molecule has 0 saturated carbocycles. The monoisotopic (exact) mass is 399 g/mol. The number of rotatable bonds is 8. The Morgan fingerprint density at radius 3 is 2.66 bits per heavy atom. The van der Waals surface area contributed by atoms with Crippen molar-refractivity contribution in [2.75, 3.05) is 24.5 Å². The van der Waals surface area contributed by atoms with Crippen LogP contribution in [0.2, 0.25) is 0 Å². The average molecular weight is 399 g/mol. The first-order valence-corrected chi connectivity index (χ1v) is 9.80. The second-order valence-electron chi connectivity index (χ2n) is 7.09. The van der Waals surface area contributed by atoms with Crippen LogP contribution in [-0.4, -0.2) is 37.7 Å². The summed E-state index contributed by atoms with van der Waals surface area (Å²) < 4.78 is 20.0. The van der Waals surface area contributed by atoms with E-state index in [-0.39, 0.29) is 19.0 Å². The quantitative estimate of drug-likeness (QED) is 0.667. The minimum Gasteiger partial charge on any atom is -0.442 e. The first-order valence-electron chi connectivity index (χ1n) is 9.80. The van der Waals surface area contributed by atoms with Crippen molar-refractivity contribution in [2.45, 2.75) is 32.9 Å². The molecule has 1 heterocycles. The summed E-state index contributed by atoms with van der Waals surface area (Å²) in [5, 5.41) is 5.96. The molecule has 7 heteroatoms. The van der Waals surface area contributed by atoms with Crippen molar-refractivity contribution >= 4 is 17.7 Å². The van der Waals surface area contributed by atoms with Crippen LogP contribution >= 0.6 is 0 Å². The van der Waals surface area contributed by atoms with Crippen LogP contribution in [0.1, 0.15) is 25.8 Å². The highest BCUT2D eigenvalue weighted by atomic mass is 19.1. The third kappa shape index (κ3) is 5.32. The zero-order valence-corrected chi connectivity index (χ0v) is 16.7. The van der Waals surface area contributed by atoms with Gasteiger partial charge in [-0.3, -0.25) is 9.69 Å². The number of cyclic esters (lactones) is 1. The number of nitrogens with one attached hydrogen (secondary N) is 2. The second-order valence-corrected chi connectivity index (χ2v) is 7.09. The van der Waals surface area contributed by atoms with Gasteiger partial charge in [-0.05, 0) is 42.3 Å². The number of hydrogen-bond acceptors (Lipinski definition) is 4. The molecular formula is C22H26FN3O3. The number of carbonyl (C=O) groups is 2.